The molecule has 0 aromatic carbocycles. The van der Waals surface area contributed by atoms with E-state index in [1.54, 1.807) is 0 Å². The van der Waals surface area contributed by atoms with Crippen molar-refractivity contribution >= 4 is 46.8 Å². The average Bonchev–Trinajstić information content (AvgIpc) is 2.73. The normalized spacial score (nSPS) is 14.9. The van der Waals surface area contributed by atoms with Gasteiger partial charge in [-0.05, 0) is 18.9 Å². The number of anilines is 1. The van der Waals surface area contributed by atoms with Crippen LogP contribution < -0.4 is 5.32 Å². The van der Waals surface area contributed by atoms with Crippen LogP contribution in [0.15, 0.2) is 12.3 Å². The first kappa shape index (κ1) is 18.5. The molecule has 1 saturated heterocycles. The van der Waals surface area contributed by atoms with Crippen LogP contribution in [0.5, 0.6) is 0 Å². The van der Waals surface area contributed by atoms with Crippen LogP contribution >= 0.6 is 23.2 Å². The standard InChI is InChI=1S/C15H17Cl2N3O4/c16-10-6-11(17)15(18-7-10)19-12(21)9-24-14(23)8-20-5-3-1-2-4-13(20)22/h6-7H,1-5,8-9H2,(H,18,19,21). The molecule has 24 heavy (non-hydrogen) atoms. The maximum absolute atomic E-state index is 11.8. The van der Waals surface area contributed by atoms with Crippen LogP contribution in [0.2, 0.25) is 10.0 Å². The molecule has 130 valence electrons. The number of rotatable bonds is 5. The fourth-order valence-corrected chi connectivity index (χ4v) is 2.66. The van der Waals surface area contributed by atoms with E-state index >= 15 is 0 Å². The number of nitrogens with one attached hydrogen (secondary N) is 1. The zero-order valence-electron chi connectivity index (χ0n) is 12.9. The quantitative estimate of drug-likeness (QED) is 0.799. The van der Waals surface area contributed by atoms with Crippen molar-refractivity contribution in [1.82, 2.24) is 9.88 Å². The van der Waals surface area contributed by atoms with Crippen LogP contribution in [0.1, 0.15) is 25.7 Å². The number of pyridine rings is 1. The molecule has 0 unspecified atom stereocenters. The third kappa shape index (κ3) is 5.65. The van der Waals surface area contributed by atoms with E-state index in [0.717, 1.165) is 19.3 Å². The van der Waals surface area contributed by atoms with Crippen molar-refractivity contribution in [2.24, 2.45) is 0 Å². The minimum Gasteiger partial charge on any atom is -0.454 e. The van der Waals surface area contributed by atoms with Crippen molar-refractivity contribution in [3.8, 4) is 0 Å². The number of ether oxygens (including phenoxy) is 1. The van der Waals surface area contributed by atoms with E-state index in [2.05, 4.69) is 10.3 Å². The predicted molar refractivity (Wildman–Crippen MR) is 88.9 cm³/mol. The molecule has 2 rings (SSSR count). The lowest BCUT2D eigenvalue weighted by atomic mass is 10.2. The van der Waals surface area contributed by atoms with E-state index in [4.69, 9.17) is 27.9 Å². The van der Waals surface area contributed by atoms with Crippen LogP contribution in [0.4, 0.5) is 5.82 Å². The summed E-state index contributed by atoms with van der Waals surface area (Å²) < 4.78 is 4.89. The molecule has 2 amide bonds. The number of halogens is 2. The Labute approximate surface area is 149 Å². The van der Waals surface area contributed by atoms with E-state index < -0.39 is 18.5 Å². The minimum atomic E-state index is -0.629. The molecule has 0 spiro atoms. The fraction of sp³-hybridized carbons (Fsp3) is 0.467. The molecule has 0 radical (unpaired) electrons. The minimum absolute atomic E-state index is 0.0638. The molecule has 9 heteroatoms. The van der Waals surface area contributed by atoms with E-state index in [9.17, 15) is 14.4 Å². The number of amides is 2. The molecule has 2 heterocycles. The summed E-state index contributed by atoms with van der Waals surface area (Å²) >= 11 is 11.6. The lowest BCUT2D eigenvalue weighted by Crippen LogP contribution is -2.36. The lowest BCUT2D eigenvalue weighted by Gasteiger charge is -2.19. The Morgan fingerprint density at radius 3 is 2.83 bits per heavy atom. The lowest BCUT2D eigenvalue weighted by molar-refractivity contribution is -0.151. The molecular formula is C15H17Cl2N3O4. The maximum atomic E-state index is 11.8. The van der Waals surface area contributed by atoms with Crippen molar-refractivity contribution < 1.29 is 19.1 Å². The van der Waals surface area contributed by atoms with Crippen molar-refractivity contribution in [2.45, 2.75) is 25.7 Å². The number of carbonyl (C=O) groups excluding carboxylic acids is 3. The average molecular weight is 374 g/mol. The van der Waals surface area contributed by atoms with Gasteiger partial charge in [0.1, 0.15) is 6.54 Å². The highest BCUT2D eigenvalue weighted by atomic mass is 35.5. The second-order valence-corrected chi connectivity index (χ2v) is 6.16. The molecular weight excluding hydrogens is 357 g/mol. The maximum Gasteiger partial charge on any atom is 0.326 e. The number of nitrogens with zero attached hydrogens (tertiary/aromatic N) is 2. The molecule has 0 aliphatic carbocycles. The third-order valence-electron chi connectivity index (χ3n) is 3.42. The zero-order chi connectivity index (χ0) is 17.5. The summed E-state index contributed by atoms with van der Waals surface area (Å²) in [5.41, 5.74) is 0. The largest absolute Gasteiger partial charge is 0.454 e. The summed E-state index contributed by atoms with van der Waals surface area (Å²) in [6, 6.07) is 1.43. The monoisotopic (exact) mass is 373 g/mol. The van der Waals surface area contributed by atoms with Gasteiger partial charge in [0.2, 0.25) is 5.91 Å². The molecule has 1 aromatic heterocycles. The molecule has 0 saturated carbocycles. The Hall–Kier alpha value is -1.86. The highest BCUT2D eigenvalue weighted by molar-refractivity contribution is 6.36. The van der Waals surface area contributed by atoms with Gasteiger partial charge in [0.25, 0.3) is 5.91 Å². The highest BCUT2D eigenvalue weighted by Crippen LogP contribution is 2.22. The first-order valence-corrected chi connectivity index (χ1v) is 8.25. The van der Waals surface area contributed by atoms with Gasteiger partial charge in [-0.1, -0.05) is 29.6 Å². The SMILES string of the molecule is O=C(COC(=O)CN1CCCCCC1=O)Nc1ncc(Cl)cc1Cl. The van der Waals surface area contributed by atoms with Gasteiger partial charge in [-0.15, -0.1) is 0 Å². The summed E-state index contributed by atoms with van der Waals surface area (Å²) in [5.74, 6) is -1.14. The summed E-state index contributed by atoms with van der Waals surface area (Å²) in [7, 11) is 0. The number of carbonyl (C=O) groups is 3. The van der Waals surface area contributed by atoms with Crippen molar-refractivity contribution in [2.75, 3.05) is 25.0 Å². The molecule has 1 aromatic rings. The van der Waals surface area contributed by atoms with Crippen molar-refractivity contribution in [3.05, 3.63) is 22.3 Å². The van der Waals surface area contributed by atoms with Gasteiger partial charge in [0.15, 0.2) is 12.4 Å². The third-order valence-corrected chi connectivity index (χ3v) is 3.92. The van der Waals surface area contributed by atoms with Crippen LogP contribution in [-0.2, 0) is 19.1 Å². The van der Waals surface area contributed by atoms with Crippen molar-refractivity contribution in [3.63, 3.8) is 0 Å². The molecule has 1 fully saturated rings. The molecule has 7 nitrogen and oxygen atoms in total. The van der Waals surface area contributed by atoms with E-state index in [1.165, 1.54) is 17.2 Å². The summed E-state index contributed by atoms with van der Waals surface area (Å²) in [5, 5.41) is 2.93. The van der Waals surface area contributed by atoms with E-state index in [0.29, 0.717) is 18.0 Å². The van der Waals surface area contributed by atoms with Gasteiger partial charge >= 0.3 is 5.97 Å². The van der Waals surface area contributed by atoms with Gasteiger partial charge in [-0.3, -0.25) is 14.4 Å². The van der Waals surface area contributed by atoms with Crippen LogP contribution in [-0.4, -0.2) is 47.4 Å². The van der Waals surface area contributed by atoms with Gasteiger partial charge in [0.05, 0.1) is 10.0 Å². The van der Waals surface area contributed by atoms with Gasteiger partial charge in [-0.25, -0.2) is 4.98 Å². The topological polar surface area (TPSA) is 88.6 Å². The first-order chi connectivity index (χ1) is 11.5. The Kier molecular flexibility index (Phi) is 6.81. The molecule has 1 aliphatic heterocycles. The van der Waals surface area contributed by atoms with Crippen LogP contribution in [0, 0.1) is 0 Å². The molecule has 1 N–H and O–H groups in total. The first-order valence-electron chi connectivity index (χ1n) is 7.50. The molecule has 0 bridgehead atoms. The number of hydrogen-bond acceptors (Lipinski definition) is 5. The van der Waals surface area contributed by atoms with E-state index in [-0.39, 0.29) is 23.3 Å². The molecule has 0 atom stereocenters. The second-order valence-electron chi connectivity index (χ2n) is 5.32. The van der Waals surface area contributed by atoms with Gasteiger partial charge in [0, 0.05) is 19.2 Å². The number of likely N-dealkylation sites (tertiary alicyclic amines) is 1. The van der Waals surface area contributed by atoms with Gasteiger partial charge in [-0.2, -0.15) is 0 Å². The Morgan fingerprint density at radius 2 is 2.08 bits per heavy atom. The smallest absolute Gasteiger partial charge is 0.326 e. The Morgan fingerprint density at radius 1 is 1.29 bits per heavy atom. The Balaban J connectivity index is 1.78. The summed E-state index contributed by atoms with van der Waals surface area (Å²) in [4.78, 5) is 40.7. The number of hydrogen-bond donors (Lipinski definition) is 1. The summed E-state index contributed by atoms with van der Waals surface area (Å²) in [6.45, 7) is -0.0992. The number of aromatic nitrogens is 1. The van der Waals surface area contributed by atoms with Crippen molar-refractivity contribution in [1.29, 1.82) is 0 Å². The highest BCUT2D eigenvalue weighted by Gasteiger charge is 2.20. The van der Waals surface area contributed by atoms with E-state index in [1.807, 2.05) is 0 Å². The summed E-state index contributed by atoms with van der Waals surface area (Å²) in [6.07, 6.45) is 4.44. The predicted octanol–water partition coefficient (Wildman–Crippen LogP) is 2.27. The van der Waals surface area contributed by atoms with Crippen LogP contribution in [0.25, 0.3) is 0 Å². The zero-order valence-corrected chi connectivity index (χ0v) is 14.4. The Bertz CT molecular complexity index is 639. The molecule has 1 aliphatic rings. The second kappa shape index (κ2) is 8.84. The fourth-order valence-electron chi connectivity index (χ4n) is 2.23. The van der Waals surface area contributed by atoms with Gasteiger partial charge < -0.3 is 15.0 Å². The number of esters is 1. The van der Waals surface area contributed by atoms with Crippen LogP contribution in [0.3, 0.4) is 0 Å².